The zero-order valence-corrected chi connectivity index (χ0v) is 16.6. The molecule has 136 valence electrons. The first-order chi connectivity index (χ1) is 13.0. The van der Waals surface area contributed by atoms with Crippen molar-refractivity contribution in [1.82, 2.24) is 0 Å². The number of halogens is 1. The Morgan fingerprint density at radius 1 is 0.852 bits per heavy atom. The third kappa shape index (κ3) is 5.18. The maximum atomic E-state index is 13.1. The van der Waals surface area contributed by atoms with E-state index >= 15 is 0 Å². The van der Waals surface area contributed by atoms with Crippen LogP contribution < -0.4 is 0 Å². The minimum atomic E-state index is -0.222. The molecule has 0 amide bonds. The van der Waals surface area contributed by atoms with Gasteiger partial charge >= 0.3 is 0 Å². The van der Waals surface area contributed by atoms with E-state index < -0.39 is 0 Å². The van der Waals surface area contributed by atoms with Crippen LogP contribution in [0, 0.1) is 26.6 Å². The lowest BCUT2D eigenvalue weighted by molar-refractivity contribution is 0.626. The monoisotopic (exact) mass is 375 g/mol. The van der Waals surface area contributed by atoms with Crippen LogP contribution in [0.1, 0.15) is 22.3 Å². The Bertz CT molecular complexity index is 950. The standard InChI is InChI=1S/C24H22FNS/c1-17-7-11-21(12-8-17)26-23(24-18(2)5-4-6-19(24)3)15-16-27-22-13-9-20(25)10-14-22/h4-16H,1-3H3. The maximum absolute atomic E-state index is 13.1. The van der Waals surface area contributed by atoms with Gasteiger partial charge < -0.3 is 0 Å². The molecule has 3 rings (SSSR count). The van der Waals surface area contributed by atoms with E-state index in [1.807, 2.05) is 23.6 Å². The van der Waals surface area contributed by atoms with Gasteiger partial charge in [-0.05, 0) is 79.8 Å². The Morgan fingerprint density at radius 3 is 2.11 bits per heavy atom. The number of thioether (sulfide) groups is 1. The van der Waals surface area contributed by atoms with Crippen molar-refractivity contribution >= 4 is 23.2 Å². The largest absolute Gasteiger partial charge is 0.248 e. The van der Waals surface area contributed by atoms with E-state index in [1.54, 1.807) is 23.9 Å². The minimum Gasteiger partial charge on any atom is -0.248 e. The van der Waals surface area contributed by atoms with Crippen molar-refractivity contribution in [2.75, 3.05) is 0 Å². The molecule has 0 fully saturated rings. The van der Waals surface area contributed by atoms with Crippen molar-refractivity contribution in [1.29, 1.82) is 0 Å². The number of hydrogen-bond donors (Lipinski definition) is 0. The molecule has 27 heavy (non-hydrogen) atoms. The van der Waals surface area contributed by atoms with Gasteiger partial charge in [0.2, 0.25) is 0 Å². The van der Waals surface area contributed by atoms with E-state index in [2.05, 4.69) is 51.1 Å². The second kappa shape index (κ2) is 8.83. The third-order valence-corrected chi connectivity index (χ3v) is 5.08. The Balaban J connectivity index is 1.95. The number of nitrogens with zero attached hydrogens (tertiary/aromatic N) is 1. The van der Waals surface area contributed by atoms with Gasteiger partial charge in [-0.25, -0.2) is 9.38 Å². The van der Waals surface area contributed by atoms with Crippen LogP contribution in [-0.2, 0) is 0 Å². The molecule has 0 aromatic heterocycles. The highest BCUT2D eigenvalue weighted by Crippen LogP contribution is 2.23. The summed E-state index contributed by atoms with van der Waals surface area (Å²) in [5, 5.41) is 2.01. The zero-order valence-electron chi connectivity index (χ0n) is 15.7. The number of aryl methyl sites for hydroxylation is 3. The van der Waals surface area contributed by atoms with Gasteiger partial charge in [0.15, 0.2) is 0 Å². The summed E-state index contributed by atoms with van der Waals surface area (Å²) in [5.41, 5.74) is 6.59. The van der Waals surface area contributed by atoms with Gasteiger partial charge in [0.1, 0.15) is 5.82 Å². The van der Waals surface area contributed by atoms with Gasteiger partial charge in [0.05, 0.1) is 11.4 Å². The molecule has 0 saturated heterocycles. The lowest BCUT2D eigenvalue weighted by atomic mass is 9.98. The second-order valence-corrected chi connectivity index (χ2v) is 7.45. The van der Waals surface area contributed by atoms with Gasteiger partial charge in [0.25, 0.3) is 0 Å². The van der Waals surface area contributed by atoms with Crippen LogP contribution in [0.2, 0.25) is 0 Å². The highest BCUT2D eigenvalue weighted by Gasteiger charge is 2.08. The molecule has 0 radical (unpaired) electrons. The Morgan fingerprint density at radius 2 is 1.48 bits per heavy atom. The molecule has 0 unspecified atom stereocenters. The average Bonchev–Trinajstić information content (AvgIpc) is 2.65. The number of allylic oxidation sites excluding steroid dienone is 1. The molecule has 3 aromatic carbocycles. The molecule has 3 aromatic rings. The van der Waals surface area contributed by atoms with Crippen LogP contribution in [-0.4, -0.2) is 5.71 Å². The van der Waals surface area contributed by atoms with Crippen LogP contribution >= 0.6 is 11.8 Å². The van der Waals surface area contributed by atoms with Crippen molar-refractivity contribution in [2.24, 2.45) is 4.99 Å². The first kappa shape index (κ1) is 19.1. The van der Waals surface area contributed by atoms with Gasteiger partial charge in [-0.2, -0.15) is 0 Å². The summed E-state index contributed by atoms with van der Waals surface area (Å²) in [4.78, 5) is 5.88. The molecule has 0 aliphatic heterocycles. The third-order valence-electron chi connectivity index (χ3n) is 4.26. The molecular formula is C24H22FNS. The van der Waals surface area contributed by atoms with Crippen molar-refractivity contribution in [3.05, 3.63) is 106 Å². The predicted molar refractivity (Wildman–Crippen MR) is 115 cm³/mol. The fraction of sp³-hybridized carbons (Fsp3) is 0.125. The van der Waals surface area contributed by atoms with Crippen molar-refractivity contribution in [3.63, 3.8) is 0 Å². The van der Waals surface area contributed by atoms with E-state index in [9.17, 15) is 4.39 Å². The predicted octanol–water partition coefficient (Wildman–Crippen LogP) is 7.18. The van der Waals surface area contributed by atoms with Gasteiger partial charge in [-0.15, -0.1) is 0 Å². The highest BCUT2D eigenvalue weighted by atomic mass is 32.2. The molecule has 0 aliphatic carbocycles. The van der Waals surface area contributed by atoms with Gasteiger partial charge in [-0.1, -0.05) is 47.7 Å². The number of hydrogen-bond acceptors (Lipinski definition) is 2. The molecule has 0 aliphatic rings. The summed E-state index contributed by atoms with van der Waals surface area (Å²) in [6.45, 7) is 6.28. The summed E-state index contributed by atoms with van der Waals surface area (Å²) in [6.07, 6.45) is 2.03. The first-order valence-corrected chi connectivity index (χ1v) is 9.71. The lowest BCUT2D eigenvalue weighted by Gasteiger charge is -2.10. The van der Waals surface area contributed by atoms with Crippen LogP contribution in [0.3, 0.4) is 0 Å². The van der Waals surface area contributed by atoms with Crippen LogP contribution in [0.4, 0.5) is 10.1 Å². The normalized spacial score (nSPS) is 11.9. The SMILES string of the molecule is Cc1ccc(N=C(C=CSc2ccc(F)cc2)c2c(C)cccc2C)cc1. The molecule has 0 N–H and O–H groups in total. The number of benzene rings is 3. The van der Waals surface area contributed by atoms with Crippen molar-refractivity contribution in [3.8, 4) is 0 Å². The summed E-state index contributed by atoms with van der Waals surface area (Å²) >= 11 is 1.55. The molecule has 0 saturated carbocycles. The van der Waals surface area contributed by atoms with E-state index in [4.69, 9.17) is 4.99 Å². The van der Waals surface area contributed by atoms with E-state index in [0.29, 0.717) is 0 Å². The molecule has 1 nitrogen and oxygen atoms in total. The quantitative estimate of drug-likeness (QED) is 0.340. The smallest absolute Gasteiger partial charge is 0.123 e. The molecule has 0 heterocycles. The Labute approximate surface area is 164 Å². The topological polar surface area (TPSA) is 12.4 Å². The van der Waals surface area contributed by atoms with Crippen LogP contribution in [0.5, 0.6) is 0 Å². The maximum Gasteiger partial charge on any atom is 0.123 e. The van der Waals surface area contributed by atoms with Gasteiger partial charge in [-0.3, -0.25) is 0 Å². The van der Waals surface area contributed by atoms with Crippen LogP contribution in [0.25, 0.3) is 0 Å². The van der Waals surface area contributed by atoms with Crippen LogP contribution in [0.15, 0.2) is 88.1 Å². The van der Waals surface area contributed by atoms with E-state index in [1.165, 1.54) is 28.8 Å². The fourth-order valence-corrected chi connectivity index (χ4v) is 3.49. The highest BCUT2D eigenvalue weighted by molar-refractivity contribution is 8.02. The molecule has 0 spiro atoms. The summed E-state index contributed by atoms with van der Waals surface area (Å²) < 4.78 is 13.1. The van der Waals surface area contributed by atoms with E-state index in [-0.39, 0.29) is 5.82 Å². The Hall–Kier alpha value is -2.65. The number of rotatable bonds is 5. The van der Waals surface area contributed by atoms with Gasteiger partial charge in [0, 0.05) is 10.5 Å². The summed E-state index contributed by atoms with van der Waals surface area (Å²) in [5.74, 6) is -0.222. The van der Waals surface area contributed by atoms with Crippen molar-refractivity contribution in [2.45, 2.75) is 25.7 Å². The summed E-state index contributed by atoms with van der Waals surface area (Å²) in [7, 11) is 0. The first-order valence-electron chi connectivity index (χ1n) is 8.83. The second-order valence-electron chi connectivity index (χ2n) is 6.47. The van der Waals surface area contributed by atoms with Crippen molar-refractivity contribution < 1.29 is 4.39 Å². The lowest BCUT2D eigenvalue weighted by Crippen LogP contribution is -2.02. The molecule has 0 bridgehead atoms. The van der Waals surface area contributed by atoms with E-state index in [0.717, 1.165) is 21.9 Å². The summed E-state index contributed by atoms with van der Waals surface area (Å²) in [6, 6.07) is 21.0. The molecular weight excluding hydrogens is 353 g/mol. The molecule has 0 atom stereocenters. The molecule has 3 heteroatoms. The zero-order chi connectivity index (χ0) is 19.2. The Kier molecular flexibility index (Phi) is 6.25. The fourth-order valence-electron chi connectivity index (χ4n) is 2.84. The number of aliphatic imine (C=N–C) groups is 1. The minimum absolute atomic E-state index is 0.222. The average molecular weight is 376 g/mol.